The summed E-state index contributed by atoms with van der Waals surface area (Å²) in [5.41, 5.74) is 6.88. The molecule has 9 aromatic rings. The summed E-state index contributed by atoms with van der Waals surface area (Å²) in [5, 5.41) is 9.16. The van der Waals surface area contributed by atoms with Gasteiger partial charge in [-0.2, -0.15) is 0 Å². The van der Waals surface area contributed by atoms with Gasteiger partial charge in [0.25, 0.3) is 0 Å². The van der Waals surface area contributed by atoms with E-state index in [0.29, 0.717) is 24.0 Å². The van der Waals surface area contributed by atoms with E-state index in [9.17, 15) is 0 Å². The Hall–Kier alpha value is -6.11. The van der Waals surface area contributed by atoms with E-state index < -0.39 is 0 Å². The highest BCUT2D eigenvalue weighted by Gasteiger charge is 2.25. The highest BCUT2D eigenvalue weighted by atomic mass is 32.1. The number of aromatic nitrogens is 3. The van der Waals surface area contributed by atoms with Crippen molar-refractivity contribution in [3.05, 3.63) is 145 Å². The van der Waals surface area contributed by atoms with Gasteiger partial charge in [0, 0.05) is 53.4 Å². The van der Waals surface area contributed by atoms with E-state index in [4.69, 9.17) is 19.4 Å². The average Bonchev–Trinajstić information content (AvgIpc) is 3.74. The summed E-state index contributed by atoms with van der Waals surface area (Å²) in [6, 6.07) is 44.4. The summed E-state index contributed by atoms with van der Waals surface area (Å²) in [6.45, 7) is 0.611. The molecule has 0 radical (unpaired) electrons. The van der Waals surface area contributed by atoms with Crippen LogP contribution in [0.1, 0.15) is 11.3 Å². The van der Waals surface area contributed by atoms with Crippen LogP contribution in [-0.2, 0) is 6.54 Å². The molecule has 0 unspecified atom stereocenters. The van der Waals surface area contributed by atoms with Crippen LogP contribution in [0.5, 0.6) is 0 Å². The molecule has 1 N–H and O–H groups in total. The Morgan fingerprint density at radius 3 is 2.23 bits per heavy atom. The van der Waals surface area contributed by atoms with Gasteiger partial charge in [-0.3, -0.25) is 0 Å². The number of nitrogens with one attached hydrogen (secondary N) is 1. The van der Waals surface area contributed by atoms with Gasteiger partial charge in [0.15, 0.2) is 17.5 Å². The number of nitrogens with zero attached hydrogens (tertiary/aromatic N) is 3. The lowest BCUT2D eigenvalue weighted by atomic mass is 9.94. The van der Waals surface area contributed by atoms with Crippen LogP contribution in [0.25, 0.3) is 93.3 Å². The van der Waals surface area contributed by atoms with E-state index in [2.05, 4.69) is 108 Å². The highest BCUT2D eigenvalue weighted by molar-refractivity contribution is 7.25. The molecular weight excluding hydrogens is 609 g/mol. The van der Waals surface area contributed by atoms with Crippen molar-refractivity contribution in [2.24, 2.45) is 0 Å². The molecule has 10 rings (SSSR count). The maximum absolute atomic E-state index is 6.77. The van der Waals surface area contributed by atoms with Gasteiger partial charge in [-0.1, -0.05) is 97.1 Å². The zero-order chi connectivity index (χ0) is 31.6. The summed E-state index contributed by atoms with van der Waals surface area (Å²) in [5.74, 6) is 2.77. The molecule has 0 saturated heterocycles. The quantitative estimate of drug-likeness (QED) is 0.209. The molecule has 3 aromatic heterocycles. The van der Waals surface area contributed by atoms with E-state index in [1.54, 1.807) is 0 Å². The van der Waals surface area contributed by atoms with Gasteiger partial charge in [-0.25, -0.2) is 15.0 Å². The summed E-state index contributed by atoms with van der Waals surface area (Å²) in [6.07, 6.45) is 4.09. The van der Waals surface area contributed by atoms with Gasteiger partial charge >= 0.3 is 0 Å². The SMILES string of the molecule is C1=Cc2c(oc3c(-c4cccc5sc6ccccc6c45)ccc(-c4nc(-c5ccccc5)nc(-c5ccc6ccccc6c5)n4)c23)CN1. The molecule has 226 valence electrons. The van der Waals surface area contributed by atoms with E-state index in [1.807, 2.05) is 47.9 Å². The molecule has 0 aliphatic carbocycles. The minimum Gasteiger partial charge on any atom is -0.458 e. The standard InChI is InChI=1S/C42H26N4OS/c1-2-10-26(11-3-1)40-44-41(28-18-17-25-9-4-5-12-27(25)23-28)46-42(45-40)33-20-19-30(39-38(33)31-21-22-43-24-34(31)47-39)29-14-8-16-36-37(29)32-13-6-7-15-35(32)48-36/h1-23,43H,24H2. The van der Waals surface area contributed by atoms with E-state index in [0.717, 1.165) is 55.5 Å². The zero-order valence-corrected chi connectivity index (χ0v) is 26.5. The minimum atomic E-state index is 0.610. The molecule has 0 atom stereocenters. The van der Waals surface area contributed by atoms with Crippen molar-refractivity contribution in [3.63, 3.8) is 0 Å². The minimum absolute atomic E-state index is 0.610. The number of thiophene rings is 1. The number of furan rings is 1. The van der Waals surface area contributed by atoms with Gasteiger partial charge in [0.05, 0.1) is 6.54 Å². The second-order valence-corrected chi connectivity index (χ2v) is 13.1. The Bertz CT molecular complexity index is 2740. The summed E-state index contributed by atoms with van der Waals surface area (Å²) in [7, 11) is 0. The van der Waals surface area contributed by atoms with Crippen LogP contribution in [0.2, 0.25) is 0 Å². The van der Waals surface area contributed by atoms with Crippen molar-refractivity contribution in [2.75, 3.05) is 0 Å². The largest absolute Gasteiger partial charge is 0.458 e. The van der Waals surface area contributed by atoms with Crippen LogP contribution in [0.3, 0.4) is 0 Å². The molecule has 0 fully saturated rings. The number of rotatable bonds is 4. The van der Waals surface area contributed by atoms with Gasteiger partial charge in [-0.05, 0) is 58.9 Å². The van der Waals surface area contributed by atoms with Crippen molar-refractivity contribution in [1.82, 2.24) is 20.3 Å². The van der Waals surface area contributed by atoms with Crippen molar-refractivity contribution < 1.29 is 4.42 Å². The van der Waals surface area contributed by atoms with Crippen LogP contribution >= 0.6 is 11.3 Å². The van der Waals surface area contributed by atoms with Gasteiger partial charge in [0.1, 0.15) is 11.3 Å². The zero-order valence-electron chi connectivity index (χ0n) is 25.6. The predicted molar refractivity (Wildman–Crippen MR) is 198 cm³/mol. The van der Waals surface area contributed by atoms with Gasteiger partial charge < -0.3 is 9.73 Å². The lowest BCUT2D eigenvalue weighted by Crippen LogP contribution is -2.08. The van der Waals surface area contributed by atoms with Crippen LogP contribution in [0.15, 0.2) is 138 Å². The molecule has 6 aromatic carbocycles. The normalized spacial score (nSPS) is 12.6. The predicted octanol–water partition coefficient (Wildman–Crippen LogP) is 10.9. The number of hydrogen-bond donors (Lipinski definition) is 1. The molecule has 5 nitrogen and oxygen atoms in total. The first kappa shape index (κ1) is 27.0. The third-order valence-electron chi connectivity index (χ3n) is 9.19. The maximum Gasteiger partial charge on any atom is 0.164 e. The topological polar surface area (TPSA) is 63.8 Å². The van der Waals surface area contributed by atoms with Gasteiger partial charge in [-0.15, -0.1) is 11.3 Å². The second kappa shape index (κ2) is 10.7. The number of benzene rings is 6. The van der Waals surface area contributed by atoms with Crippen molar-refractivity contribution >= 4 is 59.3 Å². The number of hydrogen-bond acceptors (Lipinski definition) is 6. The van der Waals surface area contributed by atoms with Crippen molar-refractivity contribution in [3.8, 4) is 45.3 Å². The molecule has 1 aliphatic heterocycles. The molecule has 0 spiro atoms. The van der Waals surface area contributed by atoms with Crippen LogP contribution in [-0.4, -0.2) is 15.0 Å². The molecule has 1 aliphatic rings. The lowest BCUT2D eigenvalue weighted by molar-refractivity contribution is 0.533. The fourth-order valence-corrected chi connectivity index (χ4v) is 8.08. The average molecular weight is 635 g/mol. The first-order valence-corrected chi connectivity index (χ1v) is 16.8. The molecule has 4 heterocycles. The molecular formula is C42H26N4OS. The third kappa shape index (κ3) is 4.27. The summed E-state index contributed by atoms with van der Waals surface area (Å²) >= 11 is 1.82. The second-order valence-electron chi connectivity index (χ2n) is 12.0. The fourth-order valence-electron chi connectivity index (χ4n) is 6.94. The Balaban J connectivity index is 1.25. The number of fused-ring (bicyclic) bond motifs is 7. The van der Waals surface area contributed by atoms with Crippen LogP contribution in [0.4, 0.5) is 0 Å². The smallest absolute Gasteiger partial charge is 0.164 e. The highest BCUT2D eigenvalue weighted by Crippen LogP contribution is 2.46. The summed E-state index contributed by atoms with van der Waals surface area (Å²) in [4.78, 5) is 15.3. The molecule has 6 heteroatoms. The fraction of sp³-hybridized carbons (Fsp3) is 0.0238. The Kier molecular flexibility index (Phi) is 6.04. The Morgan fingerprint density at radius 1 is 0.562 bits per heavy atom. The van der Waals surface area contributed by atoms with E-state index in [-0.39, 0.29) is 0 Å². The van der Waals surface area contributed by atoms with Gasteiger partial charge in [0.2, 0.25) is 0 Å². The lowest BCUT2D eigenvalue weighted by Gasteiger charge is -2.12. The first-order chi connectivity index (χ1) is 23.8. The summed E-state index contributed by atoms with van der Waals surface area (Å²) < 4.78 is 9.31. The monoisotopic (exact) mass is 634 g/mol. The van der Waals surface area contributed by atoms with Crippen molar-refractivity contribution in [2.45, 2.75) is 6.54 Å². The van der Waals surface area contributed by atoms with Crippen LogP contribution in [0, 0.1) is 0 Å². The Morgan fingerprint density at radius 2 is 1.31 bits per heavy atom. The van der Waals surface area contributed by atoms with E-state index in [1.165, 1.54) is 25.6 Å². The Labute approximate surface area is 279 Å². The first-order valence-electron chi connectivity index (χ1n) is 16.0. The third-order valence-corrected chi connectivity index (χ3v) is 10.3. The van der Waals surface area contributed by atoms with Crippen LogP contribution < -0.4 is 5.32 Å². The molecule has 0 saturated carbocycles. The molecule has 0 bridgehead atoms. The van der Waals surface area contributed by atoms with Crippen molar-refractivity contribution in [1.29, 1.82) is 0 Å². The molecule has 0 amide bonds. The van der Waals surface area contributed by atoms with E-state index >= 15 is 0 Å². The molecule has 48 heavy (non-hydrogen) atoms. The maximum atomic E-state index is 6.77.